The summed E-state index contributed by atoms with van der Waals surface area (Å²) in [7, 11) is 0. The third-order valence-corrected chi connectivity index (χ3v) is 3.90. The Morgan fingerprint density at radius 2 is 1.81 bits per heavy atom. The van der Waals surface area contributed by atoms with Gasteiger partial charge in [-0.2, -0.15) is 0 Å². The molecule has 1 heterocycles. The summed E-state index contributed by atoms with van der Waals surface area (Å²) in [4.78, 5) is 4.08. The van der Waals surface area contributed by atoms with Gasteiger partial charge in [0, 0.05) is 0 Å². The molecule has 0 spiro atoms. The fourth-order valence-corrected chi connectivity index (χ4v) is 2.72. The van der Waals surface area contributed by atoms with E-state index in [4.69, 9.17) is 0 Å². The Morgan fingerprint density at radius 3 is 2.52 bits per heavy atom. The molecule has 0 aliphatic heterocycles. The number of pyridine rings is 1. The SMILES string of the molecule is CCC(O)(c1ccc(F)cn1)c1cccc2ccccc12. The van der Waals surface area contributed by atoms with E-state index in [0.717, 1.165) is 22.5 Å². The minimum atomic E-state index is -1.23. The van der Waals surface area contributed by atoms with Crippen molar-refractivity contribution in [3.05, 3.63) is 77.9 Å². The van der Waals surface area contributed by atoms with E-state index in [1.165, 1.54) is 6.07 Å². The number of nitrogens with zero attached hydrogens (tertiary/aromatic N) is 1. The Kier molecular flexibility index (Phi) is 3.43. The first-order valence-corrected chi connectivity index (χ1v) is 6.98. The first kappa shape index (κ1) is 13.7. The van der Waals surface area contributed by atoms with Gasteiger partial charge in [-0.05, 0) is 34.9 Å². The molecule has 1 atom stereocenters. The summed E-state index contributed by atoms with van der Waals surface area (Å²) in [5.74, 6) is -0.407. The van der Waals surface area contributed by atoms with E-state index in [0.29, 0.717) is 12.1 Å². The van der Waals surface area contributed by atoms with Crippen molar-refractivity contribution in [2.24, 2.45) is 0 Å². The number of halogens is 1. The Balaban J connectivity index is 2.24. The van der Waals surface area contributed by atoms with Crippen LogP contribution in [0.4, 0.5) is 4.39 Å². The predicted octanol–water partition coefficient (Wildman–Crippen LogP) is 4.02. The number of fused-ring (bicyclic) bond motifs is 1. The molecule has 2 nitrogen and oxygen atoms in total. The maximum atomic E-state index is 13.1. The summed E-state index contributed by atoms with van der Waals surface area (Å²) in [6, 6.07) is 16.6. The van der Waals surface area contributed by atoms with E-state index in [1.807, 2.05) is 49.4 Å². The van der Waals surface area contributed by atoms with Crippen LogP contribution in [0.25, 0.3) is 10.8 Å². The second-order valence-electron chi connectivity index (χ2n) is 5.10. The van der Waals surface area contributed by atoms with E-state index < -0.39 is 11.4 Å². The zero-order valence-electron chi connectivity index (χ0n) is 11.8. The molecular formula is C18H16FNO. The largest absolute Gasteiger partial charge is 0.379 e. The third-order valence-electron chi connectivity index (χ3n) is 3.90. The molecule has 1 aromatic heterocycles. The molecule has 3 heteroatoms. The normalized spacial score (nSPS) is 14.0. The van der Waals surface area contributed by atoms with Crippen molar-refractivity contribution in [2.45, 2.75) is 18.9 Å². The lowest BCUT2D eigenvalue weighted by atomic mass is 9.84. The molecule has 0 aliphatic carbocycles. The van der Waals surface area contributed by atoms with Gasteiger partial charge in [-0.1, -0.05) is 49.4 Å². The predicted molar refractivity (Wildman–Crippen MR) is 81.4 cm³/mol. The highest BCUT2D eigenvalue weighted by atomic mass is 19.1. The highest BCUT2D eigenvalue weighted by Gasteiger charge is 2.32. The molecule has 1 unspecified atom stereocenters. The van der Waals surface area contributed by atoms with Gasteiger partial charge in [0.25, 0.3) is 0 Å². The van der Waals surface area contributed by atoms with E-state index in [2.05, 4.69) is 4.98 Å². The first-order valence-electron chi connectivity index (χ1n) is 6.98. The third kappa shape index (κ3) is 2.30. The summed E-state index contributed by atoms with van der Waals surface area (Å²) in [5.41, 5.74) is 0.0270. The van der Waals surface area contributed by atoms with Gasteiger partial charge in [0.1, 0.15) is 11.4 Å². The van der Waals surface area contributed by atoms with Crippen LogP contribution in [0.5, 0.6) is 0 Å². The quantitative estimate of drug-likeness (QED) is 0.786. The second kappa shape index (κ2) is 5.26. The van der Waals surface area contributed by atoms with Crippen molar-refractivity contribution in [3.8, 4) is 0 Å². The maximum absolute atomic E-state index is 13.1. The molecule has 0 amide bonds. The highest BCUT2D eigenvalue weighted by Crippen LogP contribution is 2.36. The molecule has 0 saturated heterocycles. The van der Waals surface area contributed by atoms with Crippen LogP contribution in [0.1, 0.15) is 24.6 Å². The van der Waals surface area contributed by atoms with Gasteiger partial charge >= 0.3 is 0 Å². The second-order valence-corrected chi connectivity index (χ2v) is 5.10. The van der Waals surface area contributed by atoms with Crippen LogP contribution in [-0.2, 0) is 5.60 Å². The maximum Gasteiger partial charge on any atom is 0.141 e. The Morgan fingerprint density at radius 1 is 1.05 bits per heavy atom. The van der Waals surface area contributed by atoms with Crippen LogP contribution >= 0.6 is 0 Å². The standard InChI is InChI=1S/C18H16FNO/c1-2-18(21,17-11-10-14(19)12-20-17)16-9-5-7-13-6-3-4-8-15(13)16/h3-12,21H,2H2,1H3. The van der Waals surface area contributed by atoms with Gasteiger partial charge in [-0.15, -0.1) is 0 Å². The van der Waals surface area contributed by atoms with Crippen LogP contribution in [0.3, 0.4) is 0 Å². The molecule has 0 radical (unpaired) electrons. The number of benzene rings is 2. The van der Waals surface area contributed by atoms with Crippen molar-refractivity contribution in [2.75, 3.05) is 0 Å². The van der Waals surface area contributed by atoms with Crippen molar-refractivity contribution in [3.63, 3.8) is 0 Å². The number of hydrogen-bond donors (Lipinski definition) is 1. The zero-order chi connectivity index (χ0) is 14.9. The Bertz CT molecular complexity index is 764. The fraction of sp³-hybridized carbons (Fsp3) is 0.167. The van der Waals surface area contributed by atoms with E-state index >= 15 is 0 Å². The summed E-state index contributed by atoms with van der Waals surface area (Å²) in [6.45, 7) is 1.90. The number of hydrogen-bond acceptors (Lipinski definition) is 2. The van der Waals surface area contributed by atoms with Crippen LogP contribution in [0, 0.1) is 5.82 Å². The molecule has 2 aromatic carbocycles. The summed E-state index contributed by atoms with van der Waals surface area (Å²) in [6.07, 6.45) is 1.60. The van der Waals surface area contributed by atoms with Crippen molar-refractivity contribution in [1.82, 2.24) is 4.98 Å². The molecule has 1 N–H and O–H groups in total. The van der Waals surface area contributed by atoms with Crippen LogP contribution in [0.2, 0.25) is 0 Å². The van der Waals surface area contributed by atoms with Gasteiger partial charge in [0.2, 0.25) is 0 Å². The molecule has 0 aliphatic rings. The van der Waals surface area contributed by atoms with E-state index in [9.17, 15) is 9.50 Å². The van der Waals surface area contributed by atoms with Gasteiger partial charge < -0.3 is 5.11 Å². The molecule has 106 valence electrons. The van der Waals surface area contributed by atoms with Gasteiger partial charge in [-0.3, -0.25) is 4.98 Å². The van der Waals surface area contributed by atoms with Crippen molar-refractivity contribution < 1.29 is 9.50 Å². The average Bonchev–Trinajstić information content (AvgIpc) is 2.54. The molecule has 0 fully saturated rings. The lowest BCUT2D eigenvalue weighted by Crippen LogP contribution is -2.28. The van der Waals surface area contributed by atoms with Gasteiger partial charge in [-0.25, -0.2) is 4.39 Å². The minimum absolute atomic E-state index is 0.407. The van der Waals surface area contributed by atoms with Crippen LogP contribution in [0.15, 0.2) is 60.8 Å². The molecule has 0 saturated carbocycles. The highest BCUT2D eigenvalue weighted by molar-refractivity contribution is 5.86. The smallest absolute Gasteiger partial charge is 0.141 e. The number of aromatic nitrogens is 1. The molecular weight excluding hydrogens is 265 g/mol. The molecule has 3 rings (SSSR count). The summed E-state index contributed by atoms with van der Waals surface area (Å²) in [5, 5.41) is 13.2. The first-order chi connectivity index (χ1) is 10.1. The van der Waals surface area contributed by atoms with Crippen LogP contribution < -0.4 is 0 Å². The van der Waals surface area contributed by atoms with Gasteiger partial charge in [0.05, 0.1) is 11.9 Å². The molecule has 21 heavy (non-hydrogen) atoms. The number of aliphatic hydroxyl groups is 1. The summed E-state index contributed by atoms with van der Waals surface area (Å²) >= 11 is 0. The average molecular weight is 281 g/mol. The fourth-order valence-electron chi connectivity index (χ4n) is 2.72. The summed E-state index contributed by atoms with van der Waals surface area (Å²) < 4.78 is 13.1. The minimum Gasteiger partial charge on any atom is -0.379 e. The van der Waals surface area contributed by atoms with E-state index in [1.54, 1.807) is 6.07 Å². The Labute approximate surface area is 122 Å². The van der Waals surface area contributed by atoms with Crippen molar-refractivity contribution >= 4 is 10.8 Å². The topological polar surface area (TPSA) is 33.1 Å². The van der Waals surface area contributed by atoms with Crippen LogP contribution in [-0.4, -0.2) is 10.1 Å². The zero-order valence-corrected chi connectivity index (χ0v) is 11.8. The Hall–Kier alpha value is -2.26. The lowest BCUT2D eigenvalue weighted by Gasteiger charge is -2.28. The lowest BCUT2D eigenvalue weighted by molar-refractivity contribution is 0.0733. The van der Waals surface area contributed by atoms with E-state index in [-0.39, 0.29) is 0 Å². The molecule has 3 aromatic rings. The monoisotopic (exact) mass is 281 g/mol. The molecule has 0 bridgehead atoms. The van der Waals surface area contributed by atoms with Gasteiger partial charge in [0.15, 0.2) is 0 Å². The van der Waals surface area contributed by atoms with Crippen molar-refractivity contribution in [1.29, 1.82) is 0 Å². The number of rotatable bonds is 3.